The van der Waals surface area contributed by atoms with Crippen LogP contribution in [0.4, 0.5) is 0 Å². The molecule has 0 amide bonds. The molecule has 6 heteroatoms. The summed E-state index contributed by atoms with van der Waals surface area (Å²) in [5, 5.41) is 0.347. The van der Waals surface area contributed by atoms with Gasteiger partial charge in [0.05, 0.1) is 0 Å². The van der Waals surface area contributed by atoms with Crippen molar-refractivity contribution in [1.82, 2.24) is 19.9 Å². The second-order valence-corrected chi connectivity index (χ2v) is 24.3. The van der Waals surface area contributed by atoms with Crippen LogP contribution >= 0.6 is 17.2 Å². The molecule has 0 aliphatic heterocycles. The molecule has 2 aromatic heterocycles. The van der Waals surface area contributed by atoms with Crippen LogP contribution in [0.5, 0.6) is 0 Å². The molecule has 3 aromatic rings. The zero-order valence-corrected chi connectivity index (χ0v) is 33.6. The number of rotatable bonds is 7. The zero-order chi connectivity index (χ0) is 34.7. The second kappa shape index (κ2) is 11.9. The van der Waals surface area contributed by atoms with Gasteiger partial charge in [-0.15, -0.1) is 9.24 Å². The lowest BCUT2D eigenvalue weighted by atomic mass is 9.55. The van der Waals surface area contributed by atoms with Crippen molar-refractivity contribution in [3.8, 4) is 0 Å². The van der Waals surface area contributed by atoms with Crippen molar-refractivity contribution >= 4 is 17.2 Å². The van der Waals surface area contributed by atoms with E-state index in [2.05, 4.69) is 62.9 Å². The summed E-state index contributed by atoms with van der Waals surface area (Å²) in [7, 11) is 2.99. The third kappa shape index (κ3) is 5.58. The molecule has 1 unspecified atom stereocenters. The highest BCUT2D eigenvalue weighted by molar-refractivity contribution is 7.60. The van der Waals surface area contributed by atoms with Gasteiger partial charge >= 0.3 is 0 Å². The monoisotopic (exact) mass is 706 g/mol. The first-order valence-corrected chi connectivity index (χ1v) is 22.1. The van der Waals surface area contributed by atoms with E-state index in [1.54, 1.807) is 0 Å². The third-order valence-corrected chi connectivity index (χ3v) is 19.5. The molecule has 0 N–H and O–H groups in total. The van der Waals surface area contributed by atoms with Crippen molar-refractivity contribution in [2.75, 3.05) is 0 Å². The van der Waals surface area contributed by atoms with Gasteiger partial charge in [0.2, 0.25) is 0 Å². The number of hydrogen-bond acceptors (Lipinski definition) is 4. The maximum atomic E-state index is 4.99. The van der Waals surface area contributed by atoms with E-state index in [9.17, 15) is 0 Å². The molecular formula is C44H60N4P2. The first-order chi connectivity index (χ1) is 23.7. The molecule has 8 bridgehead atoms. The molecule has 0 saturated heterocycles. The normalized spacial score (nSPS) is 35.1. The van der Waals surface area contributed by atoms with Crippen LogP contribution in [0.1, 0.15) is 152 Å². The molecule has 266 valence electrons. The van der Waals surface area contributed by atoms with Crippen molar-refractivity contribution < 1.29 is 0 Å². The van der Waals surface area contributed by atoms with Gasteiger partial charge in [0.1, 0.15) is 16.8 Å². The first-order valence-electron chi connectivity index (χ1n) is 20.0. The Labute approximate surface area is 305 Å². The fourth-order valence-corrected chi connectivity index (χ4v) is 19.2. The van der Waals surface area contributed by atoms with Crippen LogP contribution in [0.15, 0.2) is 49.1 Å². The fourth-order valence-electron chi connectivity index (χ4n) is 13.5. The summed E-state index contributed by atoms with van der Waals surface area (Å²) in [4.78, 5) is 20.0. The lowest BCUT2D eigenvalue weighted by molar-refractivity contribution is 0.0184. The van der Waals surface area contributed by atoms with Crippen molar-refractivity contribution in [3.05, 3.63) is 83.0 Å². The van der Waals surface area contributed by atoms with Gasteiger partial charge in [-0.2, -0.15) is 0 Å². The van der Waals surface area contributed by atoms with Gasteiger partial charge in [-0.3, -0.25) is 0 Å². The third-order valence-electron chi connectivity index (χ3n) is 14.6. The van der Waals surface area contributed by atoms with Crippen LogP contribution in [0.2, 0.25) is 0 Å². The van der Waals surface area contributed by atoms with Crippen LogP contribution in [0.25, 0.3) is 0 Å². The Hall–Kier alpha value is -1.76. The van der Waals surface area contributed by atoms with Crippen LogP contribution in [0.3, 0.4) is 0 Å². The highest BCUT2D eigenvalue weighted by atomic mass is 31.1. The van der Waals surface area contributed by atoms with Gasteiger partial charge in [-0.05, 0) is 174 Å². The van der Waals surface area contributed by atoms with Crippen LogP contribution in [0, 0.1) is 35.5 Å². The van der Waals surface area contributed by atoms with Crippen molar-refractivity contribution in [3.63, 3.8) is 0 Å². The molecule has 0 radical (unpaired) electrons. The van der Waals surface area contributed by atoms with Gasteiger partial charge in [-0.25, -0.2) is 19.9 Å². The molecule has 8 fully saturated rings. The molecule has 8 aliphatic carbocycles. The predicted octanol–water partition coefficient (Wildman–Crippen LogP) is 10.9. The first kappa shape index (κ1) is 34.0. The Morgan fingerprint density at radius 2 is 0.900 bits per heavy atom. The summed E-state index contributed by atoms with van der Waals surface area (Å²) < 4.78 is 0. The summed E-state index contributed by atoms with van der Waals surface area (Å²) in [6, 6.07) is 9.16. The van der Waals surface area contributed by atoms with E-state index in [4.69, 9.17) is 19.9 Å². The smallest absolute Gasteiger partial charge is 0.150 e. The van der Waals surface area contributed by atoms with E-state index < -0.39 is 5.16 Å². The summed E-state index contributed by atoms with van der Waals surface area (Å²) >= 11 is 0. The van der Waals surface area contributed by atoms with E-state index in [0.29, 0.717) is 10.3 Å². The van der Waals surface area contributed by atoms with Crippen molar-refractivity contribution in [1.29, 1.82) is 0 Å². The number of benzene rings is 1. The topological polar surface area (TPSA) is 51.6 Å². The van der Waals surface area contributed by atoms with Gasteiger partial charge in [0.15, 0.2) is 0 Å². The van der Waals surface area contributed by atoms with E-state index in [1.165, 1.54) is 105 Å². The molecule has 0 spiro atoms. The maximum Gasteiger partial charge on any atom is 0.150 e. The number of nitrogens with zero attached hydrogens (tertiary/aromatic N) is 4. The van der Waals surface area contributed by atoms with Crippen molar-refractivity contribution in [2.45, 2.75) is 151 Å². The molecule has 11 rings (SSSR count). The quantitative estimate of drug-likeness (QED) is 0.230. The molecule has 8 saturated carbocycles. The minimum atomic E-state index is -0.752. The van der Waals surface area contributed by atoms with E-state index in [1.807, 2.05) is 36.9 Å². The lowest BCUT2D eigenvalue weighted by Gasteiger charge is -2.67. The Bertz CT molecular complexity index is 1590. The average Bonchev–Trinajstić information content (AvgIpc) is 3.05. The molecule has 1 atom stereocenters. The molecule has 4 nitrogen and oxygen atoms in total. The highest BCUT2D eigenvalue weighted by Crippen LogP contribution is 2.80. The van der Waals surface area contributed by atoms with E-state index >= 15 is 0 Å². The number of hydrogen-bond donors (Lipinski definition) is 0. The Morgan fingerprint density at radius 3 is 1.24 bits per heavy atom. The van der Waals surface area contributed by atoms with E-state index in [0.717, 1.165) is 47.2 Å². The van der Waals surface area contributed by atoms with E-state index in [-0.39, 0.29) is 18.8 Å². The number of aromatic nitrogens is 4. The molecule has 2 heterocycles. The summed E-state index contributed by atoms with van der Waals surface area (Å²) in [5.41, 5.74) is 5.79. The van der Waals surface area contributed by atoms with Gasteiger partial charge in [0.25, 0.3) is 0 Å². The SMILES string of the molecule is CC(C)(C)c1cc(CP(C23CC4CC(CC(C4)C2)C3)C23CC4CC(CC(C4)C2)C3)c(C(P)(c2ncccn2)c2ncccn2)cc1C(C)(C)C. The molecule has 8 aliphatic rings. The minimum Gasteiger partial charge on any atom is -0.240 e. The highest BCUT2D eigenvalue weighted by Gasteiger charge is 2.62. The summed E-state index contributed by atoms with van der Waals surface area (Å²) in [6.07, 6.45) is 27.1. The fraction of sp³-hybridized carbons (Fsp3) is 0.682. The largest absolute Gasteiger partial charge is 0.240 e. The molecular weight excluding hydrogens is 646 g/mol. The lowest BCUT2D eigenvalue weighted by Crippen LogP contribution is -2.56. The Balaban J connectivity index is 1.29. The summed E-state index contributed by atoms with van der Waals surface area (Å²) in [5.74, 6) is 7.40. The van der Waals surface area contributed by atoms with Crippen LogP contribution in [-0.2, 0) is 22.1 Å². The van der Waals surface area contributed by atoms with Gasteiger partial charge in [0, 0.05) is 24.8 Å². The summed E-state index contributed by atoms with van der Waals surface area (Å²) in [6.45, 7) is 14.5. The maximum absolute atomic E-state index is 4.99. The Kier molecular flexibility index (Phi) is 8.08. The van der Waals surface area contributed by atoms with Gasteiger partial charge < -0.3 is 0 Å². The Morgan fingerprint density at radius 1 is 0.560 bits per heavy atom. The van der Waals surface area contributed by atoms with Crippen molar-refractivity contribution in [2.24, 2.45) is 35.5 Å². The average molecular weight is 707 g/mol. The molecule has 50 heavy (non-hydrogen) atoms. The van der Waals surface area contributed by atoms with Gasteiger partial charge in [-0.1, -0.05) is 61.6 Å². The predicted molar refractivity (Wildman–Crippen MR) is 210 cm³/mol. The van der Waals surface area contributed by atoms with Crippen LogP contribution < -0.4 is 0 Å². The zero-order valence-electron chi connectivity index (χ0n) is 31.6. The molecule has 1 aromatic carbocycles. The second-order valence-electron chi connectivity index (χ2n) is 20.4. The van der Waals surface area contributed by atoms with Crippen LogP contribution in [-0.4, -0.2) is 30.2 Å². The standard InChI is InChI=1S/C44H60N4P2/c1-40(2,3)36-19-34(35(20-37(36)41(4,5)6)44(49,38-45-9-7-10-46-38)39-47-11-8-12-48-39)27-50(42-21-28-13-29(22-42)15-30(14-28)23-42)43-24-31-16-32(25-43)18-33(17-31)26-43/h7-12,19-20,28-33H,13-18,21-27,49H2,1-6H3. The minimum absolute atomic E-state index is 0.0239.